The predicted octanol–water partition coefficient (Wildman–Crippen LogP) is 4.99. The molecule has 1 saturated carbocycles. The molecule has 0 saturated heterocycles. The summed E-state index contributed by atoms with van der Waals surface area (Å²) in [6.45, 7) is 12.2. The maximum absolute atomic E-state index is 2.59. The number of aryl methyl sites for hydroxylation is 2. The van der Waals surface area contributed by atoms with Crippen molar-refractivity contribution in [1.82, 2.24) is 0 Å². The SMILES string of the molecule is Cc1cc(C)cc([Si](C)(C)C2C(C)CC3C=CC=CC32)c1. The van der Waals surface area contributed by atoms with Gasteiger partial charge in [0.25, 0.3) is 0 Å². The van der Waals surface area contributed by atoms with Crippen molar-refractivity contribution in [2.45, 2.75) is 45.8 Å². The molecule has 0 bridgehead atoms. The topological polar surface area (TPSA) is 0 Å². The second-order valence-corrected chi connectivity index (χ2v) is 12.5. The highest BCUT2D eigenvalue weighted by molar-refractivity contribution is 6.91. The predicted molar refractivity (Wildman–Crippen MR) is 95.8 cm³/mol. The molecule has 3 rings (SSSR count). The molecule has 21 heavy (non-hydrogen) atoms. The minimum absolute atomic E-state index is 0.771. The lowest BCUT2D eigenvalue weighted by Gasteiger charge is -2.37. The van der Waals surface area contributed by atoms with Crippen LogP contribution >= 0.6 is 0 Å². The Morgan fingerprint density at radius 3 is 2.24 bits per heavy atom. The molecular weight excluding hydrogens is 268 g/mol. The highest BCUT2D eigenvalue weighted by Crippen LogP contribution is 2.52. The molecule has 2 aliphatic rings. The van der Waals surface area contributed by atoms with Crippen LogP contribution in [0.1, 0.15) is 24.5 Å². The van der Waals surface area contributed by atoms with Gasteiger partial charge in [-0.2, -0.15) is 0 Å². The molecule has 1 aromatic carbocycles. The van der Waals surface area contributed by atoms with Gasteiger partial charge in [0.15, 0.2) is 0 Å². The lowest BCUT2D eigenvalue weighted by molar-refractivity contribution is 0.544. The van der Waals surface area contributed by atoms with Gasteiger partial charge in [0.2, 0.25) is 0 Å². The minimum Gasteiger partial charge on any atom is -0.0808 e. The fraction of sp³-hybridized carbons (Fsp3) is 0.500. The van der Waals surface area contributed by atoms with Gasteiger partial charge >= 0.3 is 0 Å². The third-order valence-electron chi connectivity index (χ3n) is 5.77. The van der Waals surface area contributed by atoms with Gasteiger partial charge in [-0.05, 0) is 43.6 Å². The maximum Gasteiger partial charge on any atom is 0.0845 e. The van der Waals surface area contributed by atoms with Gasteiger partial charge in [-0.1, -0.05) is 78.8 Å². The number of rotatable bonds is 2. The monoisotopic (exact) mass is 296 g/mol. The standard InChI is InChI=1S/C20H28Si/c1-14-10-15(2)12-18(11-14)21(4,5)20-16(3)13-17-8-6-7-9-19(17)20/h6-12,16-17,19-20H,13H2,1-5H3. The lowest BCUT2D eigenvalue weighted by atomic mass is 9.92. The van der Waals surface area contributed by atoms with Crippen molar-refractivity contribution < 1.29 is 0 Å². The van der Waals surface area contributed by atoms with E-state index in [0.717, 1.165) is 23.3 Å². The Morgan fingerprint density at radius 1 is 0.952 bits per heavy atom. The van der Waals surface area contributed by atoms with Crippen LogP contribution in [0.15, 0.2) is 42.5 Å². The summed E-state index contributed by atoms with van der Waals surface area (Å²) >= 11 is 0. The zero-order chi connectivity index (χ0) is 15.2. The molecule has 0 aromatic heterocycles. The van der Waals surface area contributed by atoms with Gasteiger partial charge in [0.1, 0.15) is 0 Å². The van der Waals surface area contributed by atoms with E-state index in [1.165, 1.54) is 17.5 Å². The first kappa shape index (κ1) is 14.8. The number of hydrogen-bond acceptors (Lipinski definition) is 0. The van der Waals surface area contributed by atoms with E-state index in [4.69, 9.17) is 0 Å². The van der Waals surface area contributed by atoms with E-state index in [1.807, 2.05) is 0 Å². The zero-order valence-electron chi connectivity index (χ0n) is 14.1. The zero-order valence-corrected chi connectivity index (χ0v) is 15.1. The smallest absolute Gasteiger partial charge is 0.0808 e. The first-order chi connectivity index (χ1) is 9.89. The molecule has 0 aliphatic heterocycles. The van der Waals surface area contributed by atoms with Crippen LogP contribution in [0.5, 0.6) is 0 Å². The Morgan fingerprint density at radius 2 is 1.57 bits per heavy atom. The second-order valence-electron chi connectivity index (χ2n) is 7.85. The molecule has 1 heteroatoms. The Balaban J connectivity index is 2.00. The third-order valence-corrected chi connectivity index (χ3v) is 10.2. The van der Waals surface area contributed by atoms with Crippen molar-refractivity contribution >= 4 is 13.3 Å². The van der Waals surface area contributed by atoms with E-state index in [1.54, 1.807) is 5.19 Å². The van der Waals surface area contributed by atoms with Gasteiger partial charge in [-0.3, -0.25) is 0 Å². The van der Waals surface area contributed by atoms with Gasteiger partial charge in [0, 0.05) is 0 Å². The molecule has 2 aliphatic carbocycles. The maximum atomic E-state index is 2.59. The number of benzene rings is 1. The van der Waals surface area contributed by atoms with Crippen LogP contribution in [0.2, 0.25) is 18.6 Å². The quantitative estimate of drug-likeness (QED) is 0.675. The summed E-state index contributed by atoms with van der Waals surface area (Å²) in [5.74, 6) is 2.40. The average molecular weight is 297 g/mol. The van der Waals surface area contributed by atoms with Crippen molar-refractivity contribution in [3.63, 3.8) is 0 Å². The lowest BCUT2D eigenvalue weighted by Crippen LogP contribution is -2.49. The van der Waals surface area contributed by atoms with Crippen LogP contribution in [-0.2, 0) is 0 Å². The van der Waals surface area contributed by atoms with Crippen LogP contribution in [0.25, 0.3) is 0 Å². The van der Waals surface area contributed by atoms with Gasteiger partial charge < -0.3 is 0 Å². The highest BCUT2D eigenvalue weighted by Gasteiger charge is 2.48. The minimum atomic E-state index is -1.47. The Hall–Kier alpha value is -1.08. The number of fused-ring (bicyclic) bond motifs is 1. The van der Waals surface area contributed by atoms with E-state index >= 15 is 0 Å². The second kappa shape index (κ2) is 5.28. The van der Waals surface area contributed by atoms with Crippen LogP contribution in [0, 0.1) is 31.6 Å². The first-order valence-electron chi connectivity index (χ1n) is 8.33. The van der Waals surface area contributed by atoms with E-state index in [9.17, 15) is 0 Å². The summed E-state index contributed by atoms with van der Waals surface area (Å²) in [5.41, 5.74) is 3.71. The molecule has 0 amide bonds. The summed E-state index contributed by atoms with van der Waals surface area (Å²) in [7, 11) is -1.47. The Labute approximate surface area is 131 Å². The van der Waals surface area contributed by atoms with Gasteiger partial charge in [-0.25, -0.2) is 0 Å². The Kier molecular flexibility index (Phi) is 3.73. The molecule has 0 radical (unpaired) electrons. The van der Waals surface area contributed by atoms with E-state index in [-0.39, 0.29) is 0 Å². The summed E-state index contributed by atoms with van der Waals surface area (Å²) < 4.78 is 0. The number of hydrogen-bond donors (Lipinski definition) is 0. The average Bonchev–Trinajstić information content (AvgIpc) is 2.73. The van der Waals surface area contributed by atoms with Crippen molar-refractivity contribution in [1.29, 1.82) is 0 Å². The summed E-state index contributed by atoms with van der Waals surface area (Å²) in [4.78, 5) is 0. The van der Waals surface area contributed by atoms with Crippen molar-refractivity contribution in [3.8, 4) is 0 Å². The van der Waals surface area contributed by atoms with Crippen LogP contribution < -0.4 is 5.19 Å². The molecule has 1 aromatic rings. The van der Waals surface area contributed by atoms with E-state index in [0.29, 0.717) is 0 Å². The van der Waals surface area contributed by atoms with Gasteiger partial charge in [0.05, 0.1) is 8.07 Å². The molecule has 1 fully saturated rings. The molecule has 4 unspecified atom stereocenters. The van der Waals surface area contributed by atoms with Crippen LogP contribution in [0.3, 0.4) is 0 Å². The van der Waals surface area contributed by atoms with Crippen LogP contribution in [-0.4, -0.2) is 8.07 Å². The normalized spacial score (nSPS) is 31.5. The van der Waals surface area contributed by atoms with E-state index < -0.39 is 8.07 Å². The summed E-state index contributed by atoms with van der Waals surface area (Å²) in [6.07, 6.45) is 10.8. The van der Waals surface area contributed by atoms with Crippen molar-refractivity contribution in [2.24, 2.45) is 17.8 Å². The highest BCUT2D eigenvalue weighted by atomic mass is 28.3. The molecular formula is C20H28Si. The fourth-order valence-corrected chi connectivity index (χ4v) is 9.44. The fourth-order valence-electron chi connectivity index (χ4n) is 4.98. The molecule has 112 valence electrons. The van der Waals surface area contributed by atoms with E-state index in [2.05, 4.69) is 76.4 Å². The Bertz CT molecular complexity index is 574. The third kappa shape index (κ3) is 2.57. The summed E-state index contributed by atoms with van der Waals surface area (Å²) in [5, 5.41) is 1.65. The molecule has 0 nitrogen and oxygen atoms in total. The molecule has 0 heterocycles. The number of allylic oxidation sites excluding steroid dienone is 4. The van der Waals surface area contributed by atoms with Crippen molar-refractivity contribution in [2.75, 3.05) is 0 Å². The van der Waals surface area contributed by atoms with Crippen molar-refractivity contribution in [3.05, 3.63) is 53.6 Å². The first-order valence-corrected chi connectivity index (χ1v) is 11.4. The largest absolute Gasteiger partial charge is 0.0845 e. The van der Waals surface area contributed by atoms with Crippen LogP contribution in [0.4, 0.5) is 0 Å². The molecule has 4 atom stereocenters. The molecule has 0 N–H and O–H groups in total. The molecule has 0 spiro atoms. The summed E-state index contributed by atoms with van der Waals surface area (Å²) in [6, 6.07) is 7.22. The van der Waals surface area contributed by atoms with Gasteiger partial charge in [-0.15, -0.1) is 0 Å².